The molecule has 0 fully saturated rings. The van der Waals surface area contributed by atoms with Crippen molar-refractivity contribution < 1.29 is 0 Å². The fourth-order valence-corrected chi connectivity index (χ4v) is 6.14. The van der Waals surface area contributed by atoms with E-state index in [2.05, 4.69) is 81.3 Å². The number of H-pyrrole nitrogens is 1. The van der Waals surface area contributed by atoms with Crippen molar-refractivity contribution in [2.45, 2.75) is 32.7 Å². The quantitative estimate of drug-likeness (QED) is 0.318. The second-order valence-corrected chi connectivity index (χ2v) is 10.3. The Morgan fingerprint density at radius 1 is 1.06 bits per heavy atom. The summed E-state index contributed by atoms with van der Waals surface area (Å²) in [6.45, 7) is 3.60. The minimum Gasteiger partial charge on any atom is -0.358 e. The number of halogens is 1. The number of benzene rings is 3. The van der Waals surface area contributed by atoms with Gasteiger partial charge in [-0.1, -0.05) is 46.3 Å². The number of nitrogens with zero attached hydrogens (tertiary/aromatic N) is 4. The lowest BCUT2D eigenvalue weighted by Crippen LogP contribution is -2.25. The van der Waals surface area contributed by atoms with Gasteiger partial charge in [-0.2, -0.15) is 0 Å². The topological polar surface area (TPSA) is 58.9 Å². The summed E-state index contributed by atoms with van der Waals surface area (Å²) in [6.07, 6.45) is 2.72. The first kappa shape index (κ1) is 20.8. The zero-order valence-corrected chi connectivity index (χ0v) is 21.0. The molecule has 0 saturated carbocycles. The lowest BCUT2D eigenvalue weighted by Gasteiger charge is -2.21. The van der Waals surface area contributed by atoms with E-state index in [9.17, 15) is 4.79 Å². The van der Waals surface area contributed by atoms with Gasteiger partial charge in [0.1, 0.15) is 0 Å². The maximum Gasteiger partial charge on any atom is 0.350 e. The van der Waals surface area contributed by atoms with E-state index in [1.165, 1.54) is 27.9 Å². The molecular weight excluding hydrogens is 502 g/mol. The third-order valence-electron chi connectivity index (χ3n) is 7.37. The Morgan fingerprint density at radius 2 is 1.94 bits per heavy atom. The van der Waals surface area contributed by atoms with Crippen molar-refractivity contribution in [3.8, 4) is 17.1 Å². The van der Waals surface area contributed by atoms with Gasteiger partial charge in [0.25, 0.3) is 0 Å². The number of fused-ring (bicyclic) bond motifs is 6. The molecule has 0 radical (unpaired) electrons. The number of aromatic nitrogens is 4. The lowest BCUT2D eigenvalue weighted by molar-refractivity contribution is 0.558. The Balaban J connectivity index is 1.31. The normalized spacial score (nSPS) is 13.6. The summed E-state index contributed by atoms with van der Waals surface area (Å²) >= 11 is 3.62. The van der Waals surface area contributed by atoms with Gasteiger partial charge in [-0.3, -0.25) is 0 Å². The molecule has 4 heterocycles. The number of hydrogen-bond acceptors (Lipinski definition) is 3. The second-order valence-electron chi connectivity index (χ2n) is 9.39. The summed E-state index contributed by atoms with van der Waals surface area (Å²) in [5.41, 5.74) is 9.03. The van der Waals surface area contributed by atoms with Crippen LogP contribution in [0.15, 0.2) is 69.9 Å². The summed E-state index contributed by atoms with van der Waals surface area (Å²) in [7, 11) is 0. The summed E-state index contributed by atoms with van der Waals surface area (Å²) in [6, 6.07) is 20.9. The monoisotopic (exact) mass is 525 g/mol. The van der Waals surface area contributed by atoms with Crippen LogP contribution in [0.1, 0.15) is 23.2 Å². The molecule has 0 bridgehead atoms. The van der Waals surface area contributed by atoms with Crippen molar-refractivity contribution >= 4 is 38.2 Å². The molecule has 35 heavy (non-hydrogen) atoms. The summed E-state index contributed by atoms with van der Waals surface area (Å²) in [5.74, 6) is 0.721. The van der Waals surface area contributed by atoms with Gasteiger partial charge in [-0.25, -0.2) is 14.0 Å². The first-order valence-corrected chi connectivity index (χ1v) is 12.9. The van der Waals surface area contributed by atoms with Crippen LogP contribution in [-0.2, 0) is 19.4 Å². The van der Waals surface area contributed by atoms with Crippen molar-refractivity contribution in [1.82, 2.24) is 19.3 Å². The van der Waals surface area contributed by atoms with Crippen LogP contribution < -0.4 is 10.6 Å². The van der Waals surface area contributed by atoms with Gasteiger partial charge >= 0.3 is 5.69 Å². The lowest BCUT2D eigenvalue weighted by atomic mass is 10.1. The molecule has 2 aliphatic rings. The van der Waals surface area contributed by atoms with E-state index < -0.39 is 0 Å². The van der Waals surface area contributed by atoms with Gasteiger partial charge in [0.2, 0.25) is 0 Å². The Hall–Kier alpha value is -3.58. The summed E-state index contributed by atoms with van der Waals surface area (Å²) in [4.78, 5) is 19.6. The molecule has 3 aromatic carbocycles. The van der Waals surface area contributed by atoms with Crippen molar-refractivity contribution in [3.05, 3.63) is 92.4 Å². The van der Waals surface area contributed by atoms with E-state index in [1.807, 2.05) is 12.1 Å². The molecule has 0 unspecified atom stereocenters. The van der Waals surface area contributed by atoms with E-state index in [-0.39, 0.29) is 5.69 Å². The standard InChI is InChI=1S/C28H24BrN5O/c1-17-20(21-7-2-3-10-23(21)30-17)9-5-14-33-28(35)34-25-16-19(29)11-12-24(25)32-15-13-18-6-4-8-22(26(18)32)27(34)31-33/h2-4,6-8,10-12,16,30H,5,9,13-15H2,1H3. The van der Waals surface area contributed by atoms with E-state index >= 15 is 0 Å². The van der Waals surface area contributed by atoms with Crippen LogP contribution in [0, 0.1) is 6.92 Å². The Kier molecular flexibility index (Phi) is 4.58. The van der Waals surface area contributed by atoms with Crippen LogP contribution >= 0.6 is 15.9 Å². The molecule has 0 atom stereocenters. The van der Waals surface area contributed by atoms with Crippen molar-refractivity contribution in [3.63, 3.8) is 0 Å². The number of anilines is 2. The van der Waals surface area contributed by atoms with E-state index in [4.69, 9.17) is 5.10 Å². The second kappa shape index (κ2) is 7.71. The molecule has 2 aromatic heterocycles. The van der Waals surface area contributed by atoms with Crippen LogP contribution in [-0.4, -0.2) is 25.9 Å². The SMILES string of the molecule is Cc1[nH]c2ccccc2c1CCCn1nc2n(c1=O)-c1cc(Br)ccc1N1CCc3cccc-2c31. The Morgan fingerprint density at radius 3 is 2.86 bits per heavy atom. The maximum atomic E-state index is 13.8. The van der Waals surface area contributed by atoms with Gasteiger partial charge < -0.3 is 9.88 Å². The van der Waals surface area contributed by atoms with E-state index in [1.54, 1.807) is 9.25 Å². The third kappa shape index (κ3) is 3.07. The predicted molar refractivity (Wildman–Crippen MR) is 143 cm³/mol. The fourth-order valence-electron chi connectivity index (χ4n) is 5.79. The molecule has 0 saturated heterocycles. The average molecular weight is 526 g/mol. The number of hydrogen-bond donors (Lipinski definition) is 1. The van der Waals surface area contributed by atoms with Crippen molar-refractivity contribution in [2.24, 2.45) is 0 Å². The van der Waals surface area contributed by atoms with Gasteiger partial charge in [0.05, 0.1) is 17.1 Å². The van der Waals surface area contributed by atoms with Crippen molar-refractivity contribution in [1.29, 1.82) is 0 Å². The van der Waals surface area contributed by atoms with E-state index in [0.717, 1.165) is 58.6 Å². The molecule has 6 nitrogen and oxygen atoms in total. The molecule has 1 N–H and O–H groups in total. The van der Waals surface area contributed by atoms with Gasteiger partial charge in [-0.05, 0) is 67.6 Å². The fraction of sp³-hybridized carbons (Fsp3) is 0.214. The number of para-hydroxylation sites is 2. The molecule has 5 aromatic rings. The van der Waals surface area contributed by atoms with Crippen molar-refractivity contribution in [2.75, 3.05) is 11.4 Å². The van der Waals surface area contributed by atoms with E-state index in [0.29, 0.717) is 6.54 Å². The van der Waals surface area contributed by atoms with Gasteiger partial charge in [0.15, 0.2) is 5.82 Å². The molecule has 0 aliphatic carbocycles. The number of aryl methyl sites for hydroxylation is 3. The van der Waals surface area contributed by atoms with Crippen LogP contribution in [0.3, 0.4) is 0 Å². The highest BCUT2D eigenvalue weighted by Crippen LogP contribution is 2.46. The smallest absolute Gasteiger partial charge is 0.350 e. The van der Waals surface area contributed by atoms with Gasteiger partial charge in [0, 0.05) is 39.7 Å². The predicted octanol–water partition coefficient (Wildman–Crippen LogP) is 5.89. The molecule has 0 amide bonds. The van der Waals surface area contributed by atoms with Crippen LogP contribution in [0.2, 0.25) is 0 Å². The molecule has 7 rings (SSSR count). The first-order chi connectivity index (χ1) is 17.1. The highest BCUT2D eigenvalue weighted by molar-refractivity contribution is 9.10. The summed E-state index contributed by atoms with van der Waals surface area (Å²) in [5, 5.41) is 6.17. The van der Waals surface area contributed by atoms with Crippen LogP contribution in [0.5, 0.6) is 0 Å². The molecule has 0 spiro atoms. The van der Waals surface area contributed by atoms with Gasteiger partial charge in [-0.15, -0.1) is 5.10 Å². The molecule has 2 aliphatic heterocycles. The Bertz CT molecular complexity index is 1690. The molecule has 7 heteroatoms. The first-order valence-electron chi connectivity index (χ1n) is 12.1. The number of rotatable bonds is 4. The van der Waals surface area contributed by atoms with Crippen LogP contribution in [0.25, 0.3) is 28.0 Å². The zero-order chi connectivity index (χ0) is 23.7. The molecular formula is C28H24BrN5O. The summed E-state index contributed by atoms with van der Waals surface area (Å²) < 4.78 is 4.39. The average Bonchev–Trinajstić information content (AvgIpc) is 3.50. The highest BCUT2D eigenvalue weighted by atomic mass is 79.9. The number of aromatic amines is 1. The highest BCUT2D eigenvalue weighted by Gasteiger charge is 2.33. The Labute approximate surface area is 210 Å². The minimum atomic E-state index is -0.0891. The number of nitrogens with one attached hydrogen (secondary N) is 1. The van der Waals surface area contributed by atoms with Crippen LogP contribution in [0.4, 0.5) is 11.4 Å². The maximum absolute atomic E-state index is 13.8. The third-order valence-corrected chi connectivity index (χ3v) is 7.86. The largest absolute Gasteiger partial charge is 0.358 e. The minimum absolute atomic E-state index is 0.0891. The molecule has 174 valence electrons. The zero-order valence-electron chi connectivity index (χ0n) is 19.4.